The largest absolute Gasteiger partial charge is 0.345 e. The zero-order valence-electron chi connectivity index (χ0n) is 9.69. The lowest BCUT2D eigenvalue weighted by Gasteiger charge is -2.14. The highest BCUT2D eigenvalue weighted by molar-refractivity contribution is 5.79. The molecule has 0 radical (unpaired) electrons. The van der Waals surface area contributed by atoms with Crippen molar-refractivity contribution in [1.82, 2.24) is 19.3 Å². The molecule has 1 aromatic carbocycles. The summed E-state index contributed by atoms with van der Waals surface area (Å²) in [6.45, 7) is 3.09. The van der Waals surface area contributed by atoms with Crippen LogP contribution in [0.3, 0.4) is 0 Å². The number of fused-ring (bicyclic) bond motifs is 1. The topological polar surface area (TPSA) is 35.6 Å². The lowest BCUT2D eigenvalue weighted by Crippen LogP contribution is -2.10. The molecule has 0 aliphatic rings. The number of hydrogen-bond donors (Lipinski definition) is 0. The van der Waals surface area contributed by atoms with Crippen molar-refractivity contribution in [3.63, 3.8) is 0 Å². The monoisotopic (exact) mass is 226 g/mol. The molecule has 0 unspecified atom stereocenters. The van der Waals surface area contributed by atoms with Crippen molar-refractivity contribution in [2.75, 3.05) is 0 Å². The Morgan fingerprint density at radius 3 is 2.71 bits per heavy atom. The van der Waals surface area contributed by atoms with Crippen LogP contribution in [-0.4, -0.2) is 19.3 Å². The van der Waals surface area contributed by atoms with Gasteiger partial charge in [0.15, 0.2) is 0 Å². The standard InChI is InChI=1S/C13H14N4/c1-11(17-9-14-15-10-17)8-16-7-6-12-4-2-3-5-13(12)16/h2-7,9-11H,8H2,1H3/t11-/m0/s1. The first kappa shape index (κ1) is 10.1. The van der Waals surface area contributed by atoms with Gasteiger partial charge in [-0.3, -0.25) is 0 Å². The van der Waals surface area contributed by atoms with E-state index in [0.717, 1.165) is 6.54 Å². The molecule has 17 heavy (non-hydrogen) atoms. The molecule has 0 bridgehead atoms. The quantitative estimate of drug-likeness (QED) is 0.687. The van der Waals surface area contributed by atoms with Crippen molar-refractivity contribution in [1.29, 1.82) is 0 Å². The summed E-state index contributed by atoms with van der Waals surface area (Å²) >= 11 is 0. The maximum atomic E-state index is 3.84. The van der Waals surface area contributed by atoms with Crippen molar-refractivity contribution in [2.24, 2.45) is 0 Å². The summed E-state index contributed by atoms with van der Waals surface area (Å²) in [6.07, 6.45) is 5.65. The second kappa shape index (κ2) is 4.05. The van der Waals surface area contributed by atoms with Gasteiger partial charge >= 0.3 is 0 Å². The van der Waals surface area contributed by atoms with E-state index in [2.05, 4.69) is 58.2 Å². The van der Waals surface area contributed by atoms with Gasteiger partial charge in [0.05, 0.1) is 6.04 Å². The maximum absolute atomic E-state index is 3.84. The van der Waals surface area contributed by atoms with Crippen LogP contribution < -0.4 is 0 Å². The highest BCUT2D eigenvalue weighted by atomic mass is 15.2. The Labute approximate surface area is 99.5 Å². The number of rotatable bonds is 3. The lowest BCUT2D eigenvalue weighted by molar-refractivity contribution is 0.471. The summed E-state index contributed by atoms with van der Waals surface area (Å²) in [6, 6.07) is 10.9. The second-order valence-electron chi connectivity index (χ2n) is 4.29. The summed E-state index contributed by atoms with van der Waals surface area (Å²) in [7, 11) is 0. The number of para-hydroxylation sites is 1. The van der Waals surface area contributed by atoms with Gasteiger partial charge in [-0.15, -0.1) is 10.2 Å². The molecule has 0 amide bonds. The first-order chi connectivity index (χ1) is 8.34. The van der Waals surface area contributed by atoms with Crippen molar-refractivity contribution < 1.29 is 0 Å². The van der Waals surface area contributed by atoms with E-state index in [1.54, 1.807) is 12.7 Å². The molecule has 2 heterocycles. The van der Waals surface area contributed by atoms with Crippen molar-refractivity contribution in [2.45, 2.75) is 19.5 Å². The fraction of sp³-hybridized carbons (Fsp3) is 0.231. The van der Waals surface area contributed by atoms with E-state index < -0.39 is 0 Å². The van der Waals surface area contributed by atoms with E-state index in [1.165, 1.54) is 10.9 Å². The van der Waals surface area contributed by atoms with Crippen LogP contribution in [0.1, 0.15) is 13.0 Å². The maximum Gasteiger partial charge on any atom is 0.119 e. The third-order valence-corrected chi connectivity index (χ3v) is 3.09. The molecule has 3 rings (SSSR count). The van der Waals surface area contributed by atoms with E-state index in [0.29, 0.717) is 6.04 Å². The number of aromatic nitrogens is 4. The molecule has 0 spiro atoms. The summed E-state index contributed by atoms with van der Waals surface area (Å²) in [4.78, 5) is 0. The van der Waals surface area contributed by atoms with E-state index in [1.807, 2.05) is 4.57 Å². The van der Waals surface area contributed by atoms with Crippen molar-refractivity contribution in [3.05, 3.63) is 49.2 Å². The summed E-state index contributed by atoms with van der Waals surface area (Å²) in [5.74, 6) is 0. The fourth-order valence-corrected chi connectivity index (χ4v) is 2.12. The Bertz CT molecular complexity index is 609. The van der Waals surface area contributed by atoms with Crippen LogP contribution in [0.15, 0.2) is 49.2 Å². The smallest absolute Gasteiger partial charge is 0.119 e. The van der Waals surface area contributed by atoms with Crippen LogP contribution in [0, 0.1) is 0 Å². The second-order valence-corrected chi connectivity index (χ2v) is 4.29. The van der Waals surface area contributed by atoms with Gasteiger partial charge < -0.3 is 9.13 Å². The number of nitrogens with zero attached hydrogens (tertiary/aromatic N) is 4. The third kappa shape index (κ3) is 1.82. The molecule has 0 saturated carbocycles. The summed E-state index contributed by atoms with van der Waals surface area (Å²) in [5, 5.41) is 8.96. The predicted molar refractivity (Wildman–Crippen MR) is 66.7 cm³/mol. The van der Waals surface area contributed by atoms with Gasteiger partial charge in [-0.05, 0) is 24.4 Å². The van der Waals surface area contributed by atoms with Crippen molar-refractivity contribution >= 4 is 10.9 Å². The molecule has 0 aliphatic carbocycles. The van der Waals surface area contributed by atoms with E-state index in [-0.39, 0.29) is 0 Å². The summed E-state index contributed by atoms with van der Waals surface area (Å²) < 4.78 is 4.29. The van der Waals surface area contributed by atoms with E-state index in [4.69, 9.17) is 0 Å². The third-order valence-electron chi connectivity index (χ3n) is 3.09. The van der Waals surface area contributed by atoms with E-state index in [9.17, 15) is 0 Å². The molecule has 0 aliphatic heterocycles. The molecule has 3 aromatic rings. The fourth-order valence-electron chi connectivity index (χ4n) is 2.12. The Hall–Kier alpha value is -2.10. The predicted octanol–water partition coefficient (Wildman–Crippen LogP) is 2.49. The molecule has 0 N–H and O–H groups in total. The van der Waals surface area contributed by atoms with Gasteiger partial charge in [0.1, 0.15) is 12.7 Å². The number of hydrogen-bond acceptors (Lipinski definition) is 2. The first-order valence-electron chi connectivity index (χ1n) is 5.72. The molecule has 2 aromatic heterocycles. The Morgan fingerprint density at radius 1 is 1.12 bits per heavy atom. The van der Waals surface area contributed by atoms with Crippen LogP contribution in [0.5, 0.6) is 0 Å². The number of benzene rings is 1. The first-order valence-corrected chi connectivity index (χ1v) is 5.72. The van der Waals surface area contributed by atoms with Crippen molar-refractivity contribution in [3.8, 4) is 0 Å². The average molecular weight is 226 g/mol. The minimum atomic E-state index is 0.348. The summed E-state index contributed by atoms with van der Waals surface area (Å²) in [5.41, 5.74) is 1.27. The molecular formula is C13H14N4. The molecule has 1 atom stereocenters. The minimum Gasteiger partial charge on any atom is -0.345 e. The van der Waals surface area contributed by atoms with Crippen LogP contribution in [0.4, 0.5) is 0 Å². The minimum absolute atomic E-state index is 0.348. The highest BCUT2D eigenvalue weighted by Gasteiger charge is 2.07. The van der Waals surface area contributed by atoms with Crippen LogP contribution in [0.2, 0.25) is 0 Å². The van der Waals surface area contributed by atoms with Crippen LogP contribution >= 0.6 is 0 Å². The zero-order chi connectivity index (χ0) is 11.7. The van der Waals surface area contributed by atoms with Gasteiger partial charge in [0.25, 0.3) is 0 Å². The van der Waals surface area contributed by atoms with Gasteiger partial charge in [-0.25, -0.2) is 0 Å². The normalized spacial score (nSPS) is 13.0. The van der Waals surface area contributed by atoms with E-state index >= 15 is 0 Å². The average Bonchev–Trinajstić information content (AvgIpc) is 2.98. The molecular weight excluding hydrogens is 212 g/mol. The zero-order valence-corrected chi connectivity index (χ0v) is 9.69. The van der Waals surface area contributed by atoms with Gasteiger partial charge in [-0.2, -0.15) is 0 Å². The van der Waals surface area contributed by atoms with Gasteiger partial charge in [0.2, 0.25) is 0 Å². The molecule has 0 saturated heterocycles. The highest BCUT2D eigenvalue weighted by Crippen LogP contribution is 2.17. The Morgan fingerprint density at radius 2 is 1.88 bits per heavy atom. The molecule has 4 heteroatoms. The van der Waals surface area contributed by atoms with Crippen LogP contribution in [0.25, 0.3) is 10.9 Å². The van der Waals surface area contributed by atoms with Gasteiger partial charge in [0, 0.05) is 18.3 Å². The van der Waals surface area contributed by atoms with Crippen LogP contribution in [-0.2, 0) is 6.54 Å². The molecule has 86 valence electrons. The Balaban J connectivity index is 1.90. The molecule has 4 nitrogen and oxygen atoms in total. The molecule has 0 fully saturated rings. The van der Waals surface area contributed by atoms with Gasteiger partial charge in [-0.1, -0.05) is 18.2 Å². The SMILES string of the molecule is C[C@@H](Cn1ccc2ccccc21)n1cnnc1. The lowest BCUT2D eigenvalue weighted by atomic mass is 10.2. The Kier molecular flexibility index (Phi) is 2.40.